The Labute approximate surface area is 145 Å². The normalized spacial score (nSPS) is 10.4. The lowest BCUT2D eigenvalue weighted by molar-refractivity contribution is 0.102. The smallest absolute Gasteiger partial charge is 0.255 e. The third-order valence-electron chi connectivity index (χ3n) is 2.92. The summed E-state index contributed by atoms with van der Waals surface area (Å²) in [5, 5.41) is 3.61. The molecule has 122 valence electrons. The van der Waals surface area contributed by atoms with Crippen LogP contribution in [0.4, 0.5) is 5.69 Å². The molecule has 0 heterocycles. The summed E-state index contributed by atoms with van der Waals surface area (Å²) in [6.45, 7) is 3.56. The maximum atomic E-state index is 12.2. The summed E-state index contributed by atoms with van der Waals surface area (Å²) in [5.74, 6) is 0.368. The Hall–Kier alpha value is -1.75. The van der Waals surface area contributed by atoms with Gasteiger partial charge in [-0.2, -0.15) is 0 Å². The van der Waals surface area contributed by atoms with Crippen molar-refractivity contribution in [2.24, 2.45) is 0 Å². The average Bonchev–Trinajstić information content (AvgIpc) is 2.51. The summed E-state index contributed by atoms with van der Waals surface area (Å²) in [7, 11) is 0. The molecule has 1 N–H and O–H groups in total. The first-order valence-electron chi connectivity index (χ1n) is 7.16. The largest absolute Gasteiger partial charge is 0.491 e. The van der Waals surface area contributed by atoms with Crippen LogP contribution in [0.2, 0.25) is 10.0 Å². The van der Waals surface area contributed by atoms with E-state index in [0.29, 0.717) is 46.9 Å². The van der Waals surface area contributed by atoms with Gasteiger partial charge in [-0.3, -0.25) is 4.79 Å². The maximum absolute atomic E-state index is 12.2. The van der Waals surface area contributed by atoms with Gasteiger partial charge in [0, 0.05) is 34.0 Å². The molecule has 0 aromatic heterocycles. The molecule has 2 aromatic carbocycles. The van der Waals surface area contributed by atoms with Gasteiger partial charge in [-0.1, -0.05) is 29.3 Å². The number of halogens is 2. The monoisotopic (exact) mass is 353 g/mol. The Morgan fingerprint density at radius 3 is 2.52 bits per heavy atom. The molecular weight excluding hydrogens is 337 g/mol. The summed E-state index contributed by atoms with van der Waals surface area (Å²) in [6, 6.07) is 11.8. The molecule has 0 fully saturated rings. The molecule has 0 saturated carbocycles. The van der Waals surface area contributed by atoms with Crippen molar-refractivity contribution in [2.45, 2.75) is 6.92 Å². The zero-order valence-electron chi connectivity index (χ0n) is 12.6. The molecule has 0 atom stereocenters. The standard InChI is InChI=1S/C17H17Cl2NO3/c1-2-22-6-7-23-16-5-3-4-15(11-16)20-17(21)12-8-13(18)10-14(19)9-12/h3-5,8-11H,2,6-7H2,1H3,(H,20,21). The fraction of sp³-hybridized carbons (Fsp3) is 0.235. The van der Waals surface area contributed by atoms with E-state index in [2.05, 4.69) is 5.32 Å². The van der Waals surface area contributed by atoms with Crippen LogP contribution < -0.4 is 10.1 Å². The summed E-state index contributed by atoms with van der Waals surface area (Å²) in [6.07, 6.45) is 0. The van der Waals surface area contributed by atoms with E-state index in [9.17, 15) is 4.79 Å². The first-order valence-corrected chi connectivity index (χ1v) is 7.92. The first kappa shape index (κ1) is 17.6. The highest BCUT2D eigenvalue weighted by Crippen LogP contribution is 2.21. The van der Waals surface area contributed by atoms with Crippen molar-refractivity contribution in [1.82, 2.24) is 0 Å². The minimum atomic E-state index is -0.291. The Morgan fingerprint density at radius 2 is 1.83 bits per heavy atom. The third kappa shape index (κ3) is 5.75. The number of carbonyl (C=O) groups is 1. The second kappa shape index (κ2) is 8.77. The van der Waals surface area contributed by atoms with Gasteiger partial charge in [-0.15, -0.1) is 0 Å². The van der Waals surface area contributed by atoms with Crippen LogP contribution in [0.25, 0.3) is 0 Å². The number of anilines is 1. The molecule has 2 aromatic rings. The minimum Gasteiger partial charge on any atom is -0.491 e. The number of nitrogens with one attached hydrogen (secondary N) is 1. The predicted octanol–water partition coefficient (Wildman–Crippen LogP) is 4.66. The summed E-state index contributed by atoms with van der Waals surface area (Å²) in [5.41, 5.74) is 1.02. The van der Waals surface area contributed by atoms with Gasteiger partial charge in [-0.25, -0.2) is 0 Å². The van der Waals surface area contributed by atoms with Crippen LogP contribution in [0.3, 0.4) is 0 Å². The number of hydrogen-bond acceptors (Lipinski definition) is 3. The highest BCUT2D eigenvalue weighted by atomic mass is 35.5. The number of benzene rings is 2. The van der Waals surface area contributed by atoms with Gasteiger partial charge in [0.2, 0.25) is 0 Å². The Bertz CT molecular complexity index is 656. The number of rotatable bonds is 7. The van der Waals surface area contributed by atoms with Gasteiger partial charge in [0.15, 0.2) is 0 Å². The molecule has 0 bridgehead atoms. The van der Waals surface area contributed by atoms with E-state index in [1.807, 2.05) is 13.0 Å². The Kier molecular flexibility index (Phi) is 6.71. The molecule has 4 nitrogen and oxygen atoms in total. The number of ether oxygens (including phenoxy) is 2. The van der Waals surface area contributed by atoms with Crippen LogP contribution >= 0.6 is 23.2 Å². The van der Waals surface area contributed by atoms with Crippen molar-refractivity contribution in [3.05, 3.63) is 58.1 Å². The number of carbonyl (C=O) groups excluding carboxylic acids is 1. The molecule has 0 radical (unpaired) electrons. The van der Waals surface area contributed by atoms with Crippen LogP contribution in [0.15, 0.2) is 42.5 Å². The van der Waals surface area contributed by atoms with Crippen LogP contribution in [0, 0.1) is 0 Å². The molecule has 0 aliphatic heterocycles. The fourth-order valence-electron chi connectivity index (χ4n) is 1.91. The lowest BCUT2D eigenvalue weighted by Crippen LogP contribution is -2.12. The second-order valence-electron chi connectivity index (χ2n) is 4.69. The quantitative estimate of drug-likeness (QED) is 0.736. The van der Waals surface area contributed by atoms with Crippen molar-refractivity contribution in [1.29, 1.82) is 0 Å². The predicted molar refractivity (Wildman–Crippen MR) is 92.8 cm³/mol. The zero-order chi connectivity index (χ0) is 16.7. The summed E-state index contributed by atoms with van der Waals surface area (Å²) >= 11 is 11.8. The van der Waals surface area contributed by atoms with Crippen LogP contribution in [-0.2, 0) is 4.74 Å². The van der Waals surface area contributed by atoms with Gasteiger partial charge in [0.25, 0.3) is 5.91 Å². The van der Waals surface area contributed by atoms with E-state index in [1.165, 1.54) is 0 Å². The van der Waals surface area contributed by atoms with E-state index in [-0.39, 0.29) is 5.91 Å². The SMILES string of the molecule is CCOCCOc1cccc(NC(=O)c2cc(Cl)cc(Cl)c2)c1. The summed E-state index contributed by atoms with van der Waals surface area (Å²) in [4.78, 5) is 12.2. The highest BCUT2D eigenvalue weighted by molar-refractivity contribution is 6.35. The van der Waals surface area contributed by atoms with E-state index in [1.54, 1.807) is 36.4 Å². The molecule has 0 aliphatic rings. The van der Waals surface area contributed by atoms with E-state index in [0.717, 1.165) is 0 Å². The number of hydrogen-bond donors (Lipinski definition) is 1. The number of amides is 1. The van der Waals surface area contributed by atoms with Crippen molar-refractivity contribution in [3.8, 4) is 5.75 Å². The molecule has 1 amide bonds. The van der Waals surface area contributed by atoms with E-state index < -0.39 is 0 Å². The van der Waals surface area contributed by atoms with E-state index >= 15 is 0 Å². The second-order valence-corrected chi connectivity index (χ2v) is 5.56. The van der Waals surface area contributed by atoms with Gasteiger partial charge in [0.1, 0.15) is 12.4 Å². The fourth-order valence-corrected chi connectivity index (χ4v) is 2.44. The third-order valence-corrected chi connectivity index (χ3v) is 3.35. The van der Waals surface area contributed by atoms with Crippen LogP contribution in [-0.4, -0.2) is 25.7 Å². The van der Waals surface area contributed by atoms with Crippen molar-refractivity contribution < 1.29 is 14.3 Å². The topological polar surface area (TPSA) is 47.6 Å². The van der Waals surface area contributed by atoms with Crippen LogP contribution in [0.1, 0.15) is 17.3 Å². The van der Waals surface area contributed by atoms with Crippen molar-refractivity contribution >= 4 is 34.8 Å². The minimum absolute atomic E-state index is 0.291. The lowest BCUT2D eigenvalue weighted by atomic mass is 10.2. The van der Waals surface area contributed by atoms with Gasteiger partial charge >= 0.3 is 0 Å². The molecule has 0 aliphatic carbocycles. The van der Waals surface area contributed by atoms with Gasteiger partial charge in [-0.05, 0) is 37.3 Å². The first-order chi connectivity index (χ1) is 11.1. The summed E-state index contributed by atoms with van der Waals surface area (Å²) < 4.78 is 10.8. The average molecular weight is 354 g/mol. The molecule has 6 heteroatoms. The zero-order valence-corrected chi connectivity index (χ0v) is 14.2. The maximum Gasteiger partial charge on any atom is 0.255 e. The highest BCUT2D eigenvalue weighted by Gasteiger charge is 2.09. The van der Waals surface area contributed by atoms with E-state index in [4.69, 9.17) is 32.7 Å². The molecule has 0 unspecified atom stereocenters. The molecular formula is C17H17Cl2NO3. The lowest BCUT2D eigenvalue weighted by Gasteiger charge is -2.09. The van der Waals surface area contributed by atoms with Gasteiger partial charge in [0.05, 0.1) is 6.61 Å². The van der Waals surface area contributed by atoms with Crippen LogP contribution in [0.5, 0.6) is 5.75 Å². The Balaban J connectivity index is 2.00. The van der Waals surface area contributed by atoms with Crippen molar-refractivity contribution in [2.75, 3.05) is 25.1 Å². The van der Waals surface area contributed by atoms with Gasteiger partial charge < -0.3 is 14.8 Å². The molecule has 2 rings (SSSR count). The Morgan fingerprint density at radius 1 is 1.09 bits per heavy atom. The molecule has 23 heavy (non-hydrogen) atoms. The molecule has 0 spiro atoms. The van der Waals surface area contributed by atoms with Crippen molar-refractivity contribution in [3.63, 3.8) is 0 Å². The molecule has 0 saturated heterocycles.